The summed E-state index contributed by atoms with van der Waals surface area (Å²) in [4.78, 5) is 0. The highest BCUT2D eigenvalue weighted by molar-refractivity contribution is 5.35. The number of rotatable bonds is 4. The second kappa shape index (κ2) is 7.07. The molecule has 0 aromatic heterocycles. The summed E-state index contributed by atoms with van der Waals surface area (Å²) in [6.07, 6.45) is -9.69. The smallest absolute Gasteiger partial charge is 0.304 e. The lowest BCUT2D eigenvalue weighted by molar-refractivity contribution is -0.143. The molecular weight excluding hydrogens is 344 g/mol. The van der Waals surface area contributed by atoms with Gasteiger partial charge in [-0.1, -0.05) is 30.3 Å². The molecular formula is C18H17F6N. The molecule has 1 unspecified atom stereocenters. The molecule has 2 aromatic rings. The Labute approximate surface area is 141 Å². The zero-order chi connectivity index (χ0) is 18.8. The number of hydrogen-bond acceptors (Lipinski definition) is 1. The van der Waals surface area contributed by atoms with E-state index in [9.17, 15) is 26.3 Å². The molecule has 0 radical (unpaired) electrons. The standard InChI is InChI=1S/C18H17F6N/c1-11(13-6-4-3-5-7-13)25-12(2)14-8-15(17(19,20)21)10-16(9-14)18(22,23)24/h3-12,25H,1-2H3/t11?,12-/m0/s1. The van der Waals surface area contributed by atoms with E-state index in [1.165, 1.54) is 6.92 Å². The third-order valence-electron chi connectivity index (χ3n) is 3.91. The van der Waals surface area contributed by atoms with Gasteiger partial charge in [0.05, 0.1) is 11.1 Å². The van der Waals surface area contributed by atoms with Gasteiger partial charge in [-0.15, -0.1) is 0 Å². The first-order chi connectivity index (χ1) is 11.5. The zero-order valence-electron chi connectivity index (χ0n) is 13.5. The molecule has 25 heavy (non-hydrogen) atoms. The molecule has 0 spiro atoms. The van der Waals surface area contributed by atoms with Crippen LogP contribution >= 0.6 is 0 Å². The predicted octanol–water partition coefficient (Wildman–Crippen LogP) is 6.14. The Morgan fingerprint density at radius 1 is 0.680 bits per heavy atom. The van der Waals surface area contributed by atoms with Crippen LogP contribution in [0.5, 0.6) is 0 Å². The molecule has 0 heterocycles. The van der Waals surface area contributed by atoms with Crippen LogP contribution in [0.2, 0.25) is 0 Å². The summed E-state index contributed by atoms with van der Waals surface area (Å²) < 4.78 is 77.6. The van der Waals surface area contributed by atoms with Crippen molar-refractivity contribution in [2.75, 3.05) is 0 Å². The maximum atomic E-state index is 12.9. The Balaban J connectivity index is 2.33. The quantitative estimate of drug-likeness (QED) is 0.646. The molecule has 0 saturated heterocycles. The van der Waals surface area contributed by atoms with Crippen LogP contribution in [0.25, 0.3) is 0 Å². The van der Waals surface area contributed by atoms with Crippen LogP contribution in [0.4, 0.5) is 26.3 Å². The van der Waals surface area contributed by atoms with Crippen molar-refractivity contribution in [1.29, 1.82) is 0 Å². The molecule has 1 nitrogen and oxygen atoms in total. The number of hydrogen-bond donors (Lipinski definition) is 1. The largest absolute Gasteiger partial charge is 0.416 e. The fourth-order valence-corrected chi connectivity index (χ4v) is 2.54. The van der Waals surface area contributed by atoms with Crippen molar-refractivity contribution in [2.45, 2.75) is 38.3 Å². The summed E-state index contributed by atoms with van der Waals surface area (Å²) >= 11 is 0. The van der Waals surface area contributed by atoms with Crippen LogP contribution in [-0.2, 0) is 12.4 Å². The van der Waals surface area contributed by atoms with Crippen molar-refractivity contribution >= 4 is 0 Å². The second-order valence-corrected chi connectivity index (χ2v) is 5.86. The number of benzene rings is 2. The molecule has 7 heteroatoms. The SMILES string of the molecule is CC(N[C@@H](C)c1cc(C(F)(F)F)cc(C(F)(F)F)c1)c1ccccc1. The van der Waals surface area contributed by atoms with Crippen molar-refractivity contribution in [3.05, 3.63) is 70.8 Å². The molecule has 0 fully saturated rings. The first-order valence-corrected chi connectivity index (χ1v) is 7.59. The highest BCUT2D eigenvalue weighted by atomic mass is 19.4. The molecule has 136 valence electrons. The van der Waals surface area contributed by atoms with Gasteiger partial charge in [-0.25, -0.2) is 0 Å². The second-order valence-electron chi connectivity index (χ2n) is 5.86. The van der Waals surface area contributed by atoms with Crippen molar-refractivity contribution < 1.29 is 26.3 Å². The van der Waals surface area contributed by atoms with E-state index >= 15 is 0 Å². The van der Waals surface area contributed by atoms with Gasteiger partial charge in [-0.05, 0) is 43.2 Å². The number of halogens is 6. The molecule has 2 atom stereocenters. The molecule has 0 aliphatic heterocycles. The van der Waals surface area contributed by atoms with Crippen LogP contribution in [0.1, 0.15) is 48.2 Å². The fourth-order valence-electron chi connectivity index (χ4n) is 2.54. The van der Waals surface area contributed by atoms with Crippen molar-refractivity contribution in [2.24, 2.45) is 0 Å². The Morgan fingerprint density at radius 3 is 1.56 bits per heavy atom. The first kappa shape index (κ1) is 19.3. The van der Waals surface area contributed by atoms with Crippen molar-refractivity contribution in [1.82, 2.24) is 5.32 Å². The Hall–Kier alpha value is -2.02. The molecule has 0 aliphatic carbocycles. The van der Waals surface area contributed by atoms with Gasteiger partial charge in [0.2, 0.25) is 0 Å². The van der Waals surface area contributed by atoms with E-state index < -0.39 is 29.5 Å². The van der Waals surface area contributed by atoms with Gasteiger partial charge >= 0.3 is 12.4 Å². The Kier molecular flexibility index (Phi) is 5.46. The lowest BCUT2D eigenvalue weighted by Gasteiger charge is -2.23. The van der Waals surface area contributed by atoms with Gasteiger partial charge in [0.15, 0.2) is 0 Å². The summed E-state index contributed by atoms with van der Waals surface area (Å²) in [5, 5.41) is 3.04. The minimum atomic E-state index is -4.85. The predicted molar refractivity (Wildman–Crippen MR) is 82.9 cm³/mol. The molecule has 1 N–H and O–H groups in total. The van der Waals surface area contributed by atoms with Crippen LogP contribution < -0.4 is 5.32 Å². The van der Waals surface area contributed by atoms with E-state index in [0.717, 1.165) is 17.7 Å². The topological polar surface area (TPSA) is 12.0 Å². The van der Waals surface area contributed by atoms with E-state index in [4.69, 9.17) is 0 Å². The van der Waals surface area contributed by atoms with Crippen LogP contribution in [-0.4, -0.2) is 0 Å². The van der Waals surface area contributed by atoms with Crippen LogP contribution in [0.3, 0.4) is 0 Å². The Morgan fingerprint density at radius 2 is 1.12 bits per heavy atom. The maximum Gasteiger partial charge on any atom is 0.416 e. The monoisotopic (exact) mass is 361 g/mol. The van der Waals surface area contributed by atoms with Gasteiger partial charge in [-0.3, -0.25) is 0 Å². The molecule has 0 aliphatic rings. The normalized spacial score (nSPS) is 15.0. The van der Waals surface area contributed by atoms with E-state index in [1.807, 2.05) is 30.3 Å². The van der Waals surface area contributed by atoms with E-state index in [0.29, 0.717) is 0 Å². The van der Waals surface area contributed by atoms with Gasteiger partial charge in [0, 0.05) is 12.1 Å². The highest BCUT2D eigenvalue weighted by Crippen LogP contribution is 2.37. The molecule has 0 bridgehead atoms. The third-order valence-corrected chi connectivity index (χ3v) is 3.91. The third kappa shape index (κ3) is 4.98. The van der Waals surface area contributed by atoms with Gasteiger partial charge in [0.1, 0.15) is 0 Å². The summed E-state index contributed by atoms with van der Waals surface area (Å²) in [5.41, 5.74) is -1.79. The fraction of sp³-hybridized carbons (Fsp3) is 0.333. The summed E-state index contributed by atoms with van der Waals surface area (Å²) in [7, 11) is 0. The lowest BCUT2D eigenvalue weighted by atomic mass is 9.99. The lowest BCUT2D eigenvalue weighted by Crippen LogP contribution is -2.23. The minimum absolute atomic E-state index is 0.0649. The van der Waals surface area contributed by atoms with E-state index in [1.54, 1.807) is 6.92 Å². The molecule has 2 aromatic carbocycles. The maximum absolute atomic E-state index is 12.9. The zero-order valence-corrected chi connectivity index (χ0v) is 13.5. The average molecular weight is 361 g/mol. The first-order valence-electron chi connectivity index (χ1n) is 7.59. The molecule has 0 amide bonds. The van der Waals surface area contributed by atoms with Gasteiger partial charge in [-0.2, -0.15) is 26.3 Å². The van der Waals surface area contributed by atoms with Crippen molar-refractivity contribution in [3.8, 4) is 0 Å². The molecule has 2 rings (SSSR count). The summed E-state index contributed by atoms with van der Waals surface area (Å²) in [5.74, 6) is 0. The van der Waals surface area contributed by atoms with Crippen LogP contribution in [0.15, 0.2) is 48.5 Å². The Bertz CT molecular complexity index is 673. The van der Waals surface area contributed by atoms with Crippen LogP contribution in [0, 0.1) is 0 Å². The minimum Gasteiger partial charge on any atom is -0.304 e. The molecule has 0 saturated carbocycles. The van der Waals surface area contributed by atoms with Crippen molar-refractivity contribution in [3.63, 3.8) is 0 Å². The average Bonchev–Trinajstić information content (AvgIpc) is 2.53. The number of nitrogens with one attached hydrogen (secondary N) is 1. The summed E-state index contributed by atoms with van der Waals surface area (Å²) in [6.45, 7) is 3.33. The van der Waals surface area contributed by atoms with E-state index in [-0.39, 0.29) is 17.7 Å². The highest BCUT2D eigenvalue weighted by Gasteiger charge is 2.37. The van der Waals surface area contributed by atoms with Gasteiger partial charge < -0.3 is 5.32 Å². The van der Waals surface area contributed by atoms with Gasteiger partial charge in [0.25, 0.3) is 0 Å². The number of alkyl halides is 6. The summed E-state index contributed by atoms with van der Waals surface area (Å²) in [6, 6.07) is 9.82. The van der Waals surface area contributed by atoms with E-state index in [2.05, 4.69) is 5.32 Å².